The van der Waals surface area contributed by atoms with Crippen LogP contribution in [0.15, 0.2) is 30.7 Å². The molecular formula is C8H7ClN4. The van der Waals surface area contributed by atoms with Crippen LogP contribution < -0.4 is 5.73 Å². The van der Waals surface area contributed by atoms with Crippen LogP contribution in [0.4, 0.5) is 5.69 Å². The quantitative estimate of drug-likeness (QED) is 0.749. The Balaban J connectivity index is 2.53. The average molecular weight is 195 g/mol. The van der Waals surface area contributed by atoms with Gasteiger partial charge >= 0.3 is 0 Å². The first-order chi connectivity index (χ1) is 6.29. The average Bonchev–Trinajstić information content (AvgIpc) is 2.49. The van der Waals surface area contributed by atoms with Crippen molar-refractivity contribution in [2.45, 2.75) is 0 Å². The van der Waals surface area contributed by atoms with Crippen LogP contribution in [0.2, 0.25) is 5.15 Å². The van der Waals surface area contributed by atoms with E-state index in [4.69, 9.17) is 17.3 Å². The van der Waals surface area contributed by atoms with Crippen LogP contribution in [-0.4, -0.2) is 14.8 Å². The highest BCUT2D eigenvalue weighted by Crippen LogP contribution is 2.20. The number of nitrogens with zero attached hydrogens (tertiary/aromatic N) is 3. The van der Waals surface area contributed by atoms with E-state index >= 15 is 0 Å². The third-order valence-corrected chi connectivity index (χ3v) is 2.02. The first kappa shape index (κ1) is 8.07. The van der Waals surface area contributed by atoms with Crippen molar-refractivity contribution >= 4 is 17.3 Å². The summed E-state index contributed by atoms with van der Waals surface area (Å²) in [4.78, 5) is 3.89. The van der Waals surface area contributed by atoms with Crippen molar-refractivity contribution in [2.24, 2.45) is 0 Å². The van der Waals surface area contributed by atoms with Gasteiger partial charge in [-0.15, -0.1) is 0 Å². The lowest BCUT2D eigenvalue weighted by molar-refractivity contribution is 0.878. The summed E-state index contributed by atoms with van der Waals surface area (Å²) >= 11 is 5.90. The summed E-state index contributed by atoms with van der Waals surface area (Å²) in [6, 6.07) is 3.61. The number of hydrogen-bond donors (Lipinski definition) is 1. The summed E-state index contributed by atoms with van der Waals surface area (Å²) in [6.07, 6.45) is 4.86. The lowest BCUT2D eigenvalue weighted by Gasteiger charge is -2.00. The molecule has 2 aromatic heterocycles. The molecule has 2 N–H and O–H groups in total. The molecule has 5 heteroatoms. The van der Waals surface area contributed by atoms with Crippen LogP contribution in [0.1, 0.15) is 0 Å². The molecule has 0 spiro atoms. The second-order valence-electron chi connectivity index (χ2n) is 2.51. The maximum Gasteiger partial charge on any atom is 0.155 e. The molecule has 0 radical (unpaired) electrons. The topological polar surface area (TPSA) is 56.7 Å². The van der Waals surface area contributed by atoms with Gasteiger partial charge in [0.2, 0.25) is 0 Å². The fourth-order valence-electron chi connectivity index (χ4n) is 1.01. The van der Waals surface area contributed by atoms with Gasteiger partial charge < -0.3 is 5.73 Å². The normalized spacial score (nSPS) is 10.2. The maximum absolute atomic E-state index is 5.90. The van der Waals surface area contributed by atoms with Crippen molar-refractivity contribution in [1.29, 1.82) is 0 Å². The Morgan fingerprint density at radius 2 is 2.00 bits per heavy atom. The first-order valence-corrected chi connectivity index (χ1v) is 4.06. The summed E-state index contributed by atoms with van der Waals surface area (Å²) in [5.41, 5.74) is 6.86. The molecule has 0 aliphatic carbocycles. The molecule has 4 nitrogen and oxygen atoms in total. The third-order valence-electron chi connectivity index (χ3n) is 1.64. The van der Waals surface area contributed by atoms with Crippen molar-refractivity contribution in [1.82, 2.24) is 14.8 Å². The molecular weight excluding hydrogens is 188 g/mol. The van der Waals surface area contributed by atoms with Crippen molar-refractivity contribution < 1.29 is 0 Å². The highest BCUT2D eigenvalue weighted by molar-refractivity contribution is 6.32. The molecule has 0 fully saturated rings. The van der Waals surface area contributed by atoms with Gasteiger partial charge in [0.05, 0.1) is 17.6 Å². The molecule has 0 atom stereocenters. The molecule has 0 aliphatic rings. The number of hydrogen-bond acceptors (Lipinski definition) is 3. The molecule has 0 aromatic carbocycles. The SMILES string of the molecule is Nc1cnn(-c2ccncc2)c1Cl. The van der Waals surface area contributed by atoms with Crippen LogP contribution in [0, 0.1) is 0 Å². The molecule has 0 unspecified atom stereocenters. The van der Waals surface area contributed by atoms with Crippen LogP contribution in [-0.2, 0) is 0 Å². The highest BCUT2D eigenvalue weighted by atomic mass is 35.5. The van der Waals surface area contributed by atoms with Crippen molar-refractivity contribution in [3.8, 4) is 5.69 Å². The van der Waals surface area contributed by atoms with Crippen LogP contribution >= 0.6 is 11.6 Å². The molecule has 13 heavy (non-hydrogen) atoms. The van der Waals surface area contributed by atoms with E-state index in [1.807, 2.05) is 0 Å². The Hall–Kier alpha value is -1.55. The number of nitrogen functional groups attached to an aromatic ring is 1. The van der Waals surface area contributed by atoms with Crippen molar-refractivity contribution in [2.75, 3.05) is 5.73 Å². The van der Waals surface area contributed by atoms with E-state index in [2.05, 4.69) is 10.1 Å². The summed E-state index contributed by atoms with van der Waals surface area (Å²) < 4.78 is 1.55. The van der Waals surface area contributed by atoms with Gasteiger partial charge in [-0.25, -0.2) is 4.68 Å². The summed E-state index contributed by atoms with van der Waals surface area (Å²) in [5, 5.41) is 4.44. The third kappa shape index (κ3) is 1.36. The molecule has 0 amide bonds. The molecule has 66 valence electrons. The second-order valence-corrected chi connectivity index (χ2v) is 2.87. The number of anilines is 1. The van der Waals surface area contributed by atoms with E-state index in [1.165, 1.54) is 6.20 Å². The predicted molar refractivity (Wildman–Crippen MR) is 50.8 cm³/mol. The standard InChI is InChI=1S/C8H7ClN4/c9-8-7(10)5-12-13(8)6-1-3-11-4-2-6/h1-5H,10H2. The van der Waals surface area contributed by atoms with E-state index in [0.29, 0.717) is 10.8 Å². The van der Waals surface area contributed by atoms with Gasteiger partial charge in [0.25, 0.3) is 0 Å². The fraction of sp³-hybridized carbons (Fsp3) is 0. The number of pyridine rings is 1. The number of nitrogens with two attached hydrogens (primary N) is 1. The highest BCUT2D eigenvalue weighted by Gasteiger charge is 2.05. The minimum atomic E-state index is 0.422. The van der Waals surface area contributed by atoms with Crippen molar-refractivity contribution in [3.05, 3.63) is 35.9 Å². The Kier molecular flexibility index (Phi) is 1.90. The minimum Gasteiger partial charge on any atom is -0.395 e. The van der Waals surface area contributed by atoms with Crippen molar-refractivity contribution in [3.63, 3.8) is 0 Å². The molecule has 2 aromatic rings. The molecule has 0 aliphatic heterocycles. The Morgan fingerprint density at radius 3 is 2.54 bits per heavy atom. The first-order valence-electron chi connectivity index (χ1n) is 3.68. The minimum absolute atomic E-state index is 0.422. The Morgan fingerprint density at radius 1 is 1.31 bits per heavy atom. The van der Waals surface area contributed by atoms with Crippen LogP contribution in [0.25, 0.3) is 5.69 Å². The number of aromatic nitrogens is 3. The Labute approximate surface area is 80.0 Å². The monoisotopic (exact) mass is 194 g/mol. The molecule has 0 bridgehead atoms. The second kappa shape index (κ2) is 3.06. The van der Waals surface area contributed by atoms with E-state index in [9.17, 15) is 0 Å². The maximum atomic E-state index is 5.90. The zero-order chi connectivity index (χ0) is 9.26. The zero-order valence-corrected chi connectivity index (χ0v) is 7.44. The van der Waals surface area contributed by atoms with E-state index < -0.39 is 0 Å². The van der Waals surface area contributed by atoms with Gasteiger partial charge in [0.15, 0.2) is 5.15 Å². The largest absolute Gasteiger partial charge is 0.395 e. The van der Waals surface area contributed by atoms with E-state index in [1.54, 1.807) is 29.2 Å². The van der Waals surface area contributed by atoms with E-state index in [0.717, 1.165) is 5.69 Å². The Bertz CT molecular complexity index is 409. The van der Waals surface area contributed by atoms with Crippen LogP contribution in [0.5, 0.6) is 0 Å². The zero-order valence-electron chi connectivity index (χ0n) is 6.68. The molecule has 0 saturated heterocycles. The van der Waals surface area contributed by atoms with Crippen LogP contribution in [0.3, 0.4) is 0 Å². The van der Waals surface area contributed by atoms with E-state index in [-0.39, 0.29) is 0 Å². The van der Waals surface area contributed by atoms with Gasteiger partial charge in [0.1, 0.15) is 0 Å². The smallest absolute Gasteiger partial charge is 0.155 e. The summed E-state index contributed by atoms with van der Waals surface area (Å²) in [5.74, 6) is 0. The number of rotatable bonds is 1. The van der Waals surface area contributed by atoms with Gasteiger partial charge in [-0.2, -0.15) is 5.10 Å². The fourth-order valence-corrected chi connectivity index (χ4v) is 1.20. The summed E-state index contributed by atoms with van der Waals surface area (Å²) in [7, 11) is 0. The molecule has 2 rings (SSSR count). The predicted octanol–water partition coefficient (Wildman–Crippen LogP) is 1.50. The summed E-state index contributed by atoms with van der Waals surface area (Å²) in [6.45, 7) is 0. The number of halogens is 1. The lowest BCUT2D eigenvalue weighted by atomic mass is 10.4. The van der Waals surface area contributed by atoms with Gasteiger partial charge in [-0.3, -0.25) is 4.98 Å². The van der Waals surface area contributed by atoms with Gasteiger partial charge in [-0.05, 0) is 12.1 Å². The lowest BCUT2D eigenvalue weighted by Crippen LogP contribution is -1.96. The van der Waals surface area contributed by atoms with Gasteiger partial charge in [0, 0.05) is 12.4 Å². The van der Waals surface area contributed by atoms with Gasteiger partial charge in [-0.1, -0.05) is 11.6 Å². The molecule has 2 heterocycles. The molecule has 0 saturated carbocycles.